The Kier molecular flexibility index (Phi) is 51.4. The first-order valence-corrected chi connectivity index (χ1v) is 28.9. The minimum atomic E-state index is -0.783. The van der Waals surface area contributed by atoms with E-state index in [4.69, 9.17) is 4.74 Å². The molecular weight excluding hydrogens is 791 g/mol. The average Bonchev–Trinajstić information content (AvgIpc) is 3.29. The maximum absolute atomic E-state index is 13.3. The maximum Gasteiger partial charge on any atom is 0.306 e. The molecule has 6 nitrogen and oxygen atoms in total. The molecule has 0 saturated heterocycles. The van der Waals surface area contributed by atoms with E-state index >= 15 is 0 Å². The van der Waals surface area contributed by atoms with E-state index in [0.29, 0.717) is 19.3 Å². The molecule has 0 aromatic rings. The van der Waals surface area contributed by atoms with Crippen LogP contribution in [0.5, 0.6) is 0 Å². The molecule has 0 aliphatic rings. The van der Waals surface area contributed by atoms with Crippen molar-refractivity contribution in [1.82, 2.24) is 5.32 Å². The van der Waals surface area contributed by atoms with Gasteiger partial charge in [0.05, 0.1) is 25.2 Å². The second kappa shape index (κ2) is 52.6. The third-order valence-corrected chi connectivity index (χ3v) is 13.6. The Morgan fingerprint density at radius 2 is 0.750 bits per heavy atom. The second-order valence-corrected chi connectivity index (χ2v) is 20.1. The normalized spacial score (nSPS) is 13.1. The maximum atomic E-state index is 13.3. The monoisotopic (exact) mass is 904 g/mol. The zero-order valence-corrected chi connectivity index (χ0v) is 43.4. The lowest BCUT2D eigenvalue weighted by Crippen LogP contribution is -2.46. The Bertz CT molecular complexity index is 970. The minimum Gasteiger partial charge on any atom is -0.462 e. The van der Waals surface area contributed by atoms with Crippen LogP contribution in [-0.4, -0.2) is 46.9 Å². The lowest BCUT2D eigenvalue weighted by molar-refractivity contribution is -0.151. The first kappa shape index (κ1) is 62.6. The lowest BCUT2D eigenvalue weighted by atomic mass is 10.0. The van der Waals surface area contributed by atoms with Gasteiger partial charge >= 0.3 is 5.97 Å². The molecule has 0 heterocycles. The molecule has 0 aromatic heterocycles. The van der Waals surface area contributed by atoms with Gasteiger partial charge in [0.1, 0.15) is 6.10 Å². The number of esters is 1. The number of carbonyl (C=O) groups excluding carboxylic acids is 2. The molecule has 0 spiro atoms. The second-order valence-electron chi connectivity index (χ2n) is 20.1. The molecule has 64 heavy (non-hydrogen) atoms. The van der Waals surface area contributed by atoms with Crippen LogP contribution < -0.4 is 5.32 Å². The molecule has 0 aliphatic carbocycles. The third kappa shape index (κ3) is 47.1. The van der Waals surface area contributed by atoms with E-state index in [1.165, 1.54) is 231 Å². The summed E-state index contributed by atoms with van der Waals surface area (Å²) in [5.41, 5.74) is 0. The fourth-order valence-corrected chi connectivity index (χ4v) is 9.19. The van der Waals surface area contributed by atoms with Crippen molar-refractivity contribution in [3.63, 3.8) is 0 Å². The first-order valence-electron chi connectivity index (χ1n) is 28.9. The van der Waals surface area contributed by atoms with Crippen molar-refractivity contribution in [1.29, 1.82) is 0 Å². The molecule has 0 rings (SSSR count). The minimum absolute atomic E-state index is 0.0839. The number of aliphatic hydroxyl groups is 2. The summed E-state index contributed by atoms with van der Waals surface area (Å²) in [6.45, 7) is 6.52. The quantitative estimate of drug-likeness (QED) is 0.0321. The molecular formula is C58H113NO5. The van der Waals surface area contributed by atoms with Gasteiger partial charge < -0.3 is 20.3 Å². The summed E-state index contributed by atoms with van der Waals surface area (Å²) in [5.74, 6) is -0.456. The van der Waals surface area contributed by atoms with Crippen molar-refractivity contribution in [2.24, 2.45) is 0 Å². The zero-order chi connectivity index (χ0) is 46.7. The molecule has 0 aliphatic heterocycles. The van der Waals surface area contributed by atoms with E-state index in [-0.39, 0.29) is 24.9 Å². The fourth-order valence-electron chi connectivity index (χ4n) is 9.19. The first-order chi connectivity index (χ1) is 31.5. The predicted octanol–water partition coefficient (Wildman–Crippen LogP) is 17.7. The van der Waals surface area contributed by atoms with Gasteiger partial charge in [-0.15, -0.1) is 0 Å². The number of rotatable bonds is 53. The summed E-state index contributed by atoms with van der Waals surface area (Å²) in [7, 11) is 0. The molecule has 6 heteroatoms. The smallest absolute Gasteiger partial charge is 0.306 e. The van der Waals surface area contributed by atoms with Gasteiger partial charge in [-0.3, -0.25) is 9.59 Å². The molecule has 1 amide bonds. The molecule has 380 valence electrons. The number of nitrogens with one attached hydrogen (secondary N) is 1. The highest BCUT2D eigenvalue weighted by atomic mass is 16.5. The topological polar surface area (TPSA) is 95.9 Å². The van der Waals surface area contributed by atoms with Crippen LogP contribution in [0.25, 0.3) is 0 Å². The predicted molar refractivity (Wildman–Crippen MR) is 278 cm³/mol. The van der Waals surface area contributed by atoms with Crippen LogP contribution in [0.4, 0.5) is 0 Å². The van der Waals surface area contributed by atoms with Crippen molar-refractivity contribution in [2.75, 3.05) is 6.61 Å². The summed E-state index contributed by atoms with van der Waals surface area (Å²) >= 11 is 0. The number of unbranched alkanes of at least 4 members (excludes halogenated alkanes) is 39. The van der Waals surface area contributed by atoms with E-state index in [9.17, 15) is 19.8 Å². The molecule has 0 aromatic carbocycles. The summed E-state index contributed by atoms with van der Waals surface area (Å²) in [6, 6.07) is -0.696. The van der Waals surface area contributed by atoms with Gasteiger partial charge in [0, 0.05) is 6.42 Å². The van der Waals surface area contributed by atoms with Crippen molar-refractivity contribution in [3.05, 3.63) is 12.2 Å². The van der Waals surface area contributed by atoms with Crippen LogP contribution in [-0.2, 0) is 14.3 Å². The van der Waals surface area contributed by atoms with Crippen LogP contribution in [0, 0.1) is 0 Å². The number of carbonyl (C=O) groups is 2. The number of hydrogen-bond acceptors (Lipinski definition) is 5. The number of ether oxygens (including phenoxy) is 1. The average molecular weight is 905 g/mol. The summed E-state index contributed by atoms with van der Waals surface area (Å²) in [4.78, 5) is 26.3. The number of hydrogen-bond donors (Lipinski definition) is 3. The van der Waals surface area contributed by atoms with Gasteiger partial charge in [-0.2, -0.15) is 0 Å². The highest BCUT2D eigenvalue weighted by Gasteiger charge is 2.24. The largest absolute Gasteiger partial charge is 0.462 e. The van der Waals surface area contributed by atoms with Crippen LogP contribution in [0.1, 0.15) is 323 Å². The Labute approximate surface area is 399 Å². The molecule has 3 N–H and O–H groups in total. The number of amides is 1. The van der Waals surface area contributed by atoms with Gasteiger partial charge in [0.25, 0.3) is 0 Å². The number of allylic oxidation sites excluding steroid dienone is 2. The van der Waals surface area contributed by atoms with E-state index < -0.39 is 18.2 Å². The Hall–Kier alpha value is -1.40. The van der Waals surface area contributed by atoms with Crippen LogP contribution in [0.3, 0.4) is 0 Å². The van der Waals surface area contributed by atoms with Crippen LogP contribution in [0.15, 0.2) is 12.2 Å². The van der Waals surface area contributed by atoms with Crippen molar-refractivity contribution in [2.45, 2.75) is 341 Å². The van der Waals surface area contributed by atoms with Crippen molar-refractivity contribution < 1.29 is 24.5 Å². The Balaban J connectivity index is 4.51. The highest BCUT2D eigenvalue weighted by Crippen LogP contribution is 2.19. The lowest BCUT2D eigenvalue weighted by Gasteiger charge is -2.24. The Morgan fingerprint density at radius 3 is 1.12 bits per heavy atom. The van der Waals surface area contributed by atoms with Gasteiger partial charge in [-0.05, 0) is 51.4 Å². The number of aliphatic hydroxyl groups excluding tert-OH is 2. The molecule has 0 saturated carbocycles. The summed E-state index contributed by atoms with van der Waals surface area (Å²) < 4.78 is 5.96. The van der Waals surface area contributed by atoms with Gasteiger partial charge in [0.15, 0.2) is 0 Å². The van der Waals surface area contributed by atoms with E-state index in [2.05, 4.69) is 38.2 Å². The molecule has 3 atom stereocenters. The van der Waals surface area contributed by atoms with Crippen molar-refractivity contribution >= 4 is 11.9 Å². The standard InChI is InChI=1S/C58H113NO5/c1-4-7-10-13-16-19-22-25-28-31-34-37-40-43-46-49-54(64-58(63)51-48-45-42-39-36-33-30-27-24-21-18-15-12-9-6-3)52-57(62)59-55(53-60)56(61)50-47-44-41-38-35-32-29-26-23-20-17-14-11-8-5-2/h21,24,54-56,60-61H,4-20,22-23,25-53H2,1-3H3,(H,59,62)/b24-21-. The van der Waals surface area contributed by atoms with Gasteiger partial charge in [-0.1, -0.05) is 270 Å². The van der Waals surface area contributed by atoms with E-state index in [0.717, 1.165) is 44.9 Å². The van der Waals surface area contributed by atoms with Crippen molar-refractivity contribution in [3.8, 4) is 0 Å². The molecule has 0 fully saturated rings. The SMILES string of the molecule is CCCCCC/C=C\CCCCCCCCCC(=O)OC(CCCCCCCCCCCCCCCCC)CC(=O)NC(CO)C(O)CCCCCCCCCCCCCCCCC. The Morgan fingerprint density at radius 1 is 0.438 bits per heavy atom. The van der Waals surface area contributed by atoms with Gasteiger partial charge in [0.2, 0.25) is 5.91 Å². The molecule has 0 radical (unpaired) electrons. The van der Waals surface area contributed by atoms with Gasteiger partial charge in [-0.25, -0.2) is 0 Å². The zero-order valence-electron chi connectivity index (χ0n) is 43.4. The molecule has 3 unspecified atom stereocenters. The van der Waals surface area contributed by atoms with E-state index in [1.54, 1.807) is 0 Å². The molecule has 0 bridgehead atoms. The van der Waals surface area contributed by atoms with Crippen LogP contribution >= 0.6 is 0 Å². The van der Waals surface area contributed by atoms with Crippen LogP contribution in [0.2, 0.25) is 0 Å². The summed E-state index contributed by atoms with van der Waals surface area (Å²) in [6.07, 6.45) is 59.9. The third-order valence-electron chi connectivity index (χ3n) is 13.6. The fraction of sp³-hybridized carbons (Fsp3) is 0.931. The van der Waals surface area contributed by atoms with E-state index in [1.807, 2.05) is 0 Å². The summed E-state index contributed by atoms with van der Waals surface area (Å²) in [5, 5.41) is 23.9. The highest BCUT2D eigenvalue weighted by molar-refractivity contribution is 5.77.